The lowest BCUT2D eigenvalue weighted by Crippen LogP contribution is -2.44. The van der Waals surface area contributed by atoms with Gasteiger partial charge in [0.05, 0.1) is 6.54 Å². The maximum Gasteiger partial charge on any atom is 0.263 e. The monoisotopic (exact) mass is 392 g/mol. The van der Waals surface area contributed by atoms with Gasteiger partial charge in [0.1, 0.15) is 11.6 Å². The van der Waals surface area contributed by atoms with Crippen molar-refractivity contribution in [2.45, 2.75) is 26.9 Å². The van der Waals surface area contributed by atoms with E-state index < -0.39 is 6.10 Å². The molecule has 2 aromatic rings. The van der Waals surface area contributed by atoms with Crippen molar-refractivity contribution in [1.29, 1.82) is 0 Å². The average Bonchev–Trinajstić information content (AvgIpc) is 2.64. The fourth-order valence-electron chi connectivity index (χ4n) is 2.46. The smallest absolute Gasteiger partial charge is 0.263 e. The third-order valence-electron chi connectivity index (χ3n) is 3.98. The zero-order chi connectivity index (χ0) is 20.0. The number of anilines is 1. The van der Waals surface area contributed by atoms with E-state index in [1.54, 1.807) is 32.0 Å². The standard InChI is InChI=1S/C20H22ClFN2O3/c1-4-24(12-19(25)23-18-11-15(21)6-5-13(18)2)20(26)14(3)27-17-9-7-16(22)8-10-17/h5-11,14H,4,12H2,1-3H3,(H,23,25). The molecule has 0 aliphatic rings. The number of carbonyl (C=O) groups excluding carboxylic acids is 2. The van der Waals surface area contributed by atoms with Gasteiger partial charge in [-0.15, -0.1) is 0 Å². The maximum absolute atomic E-state index is 13.0. The van der Waals surface area contributed by atoms with Crippen LogP contribution in [0.15, 0.2) is 42.5 Å². The molecule has 2 aromatic carbocycles. The third kappa shape index (κ3) is 5.96. The van der Waals surface area contributed by atoms with E-state index in [9.17, 15) is 14.0 Å². The number of ether oxygens (including phenoxy) is 1. The van der Waals surface area contributed by atoms with E-state index in [4.69, 9.17) is 16.3 Å². The minimum Gasteiger partial charge on any atom is -0.481 e. The van der Waals surface area contributed by atoms with Gasteiger partial charge in [-0.25, -0.2) is 4.39 Å². The number of amides is 2. The van der Waals surface area contributed by atoms with E-state index in [2.05, 4.69) is 5.32 Å². The predicted molar refractivity (Wildman–Crippen MR) is 104 cm³/mol. The van der Waals surface area contributed by atoms with Gasteiger partial charge in [0.2, 0.25) is 5.91 Å². The van der Waals surface area contributed by atoms with Crippen molar-refractivity contribution in [2.24, 2.45) is 0 Å². The first-order valence-corrected chi connectivity index (χ1v) is 8.95. The van der Waals surface area contributed by atoms with E-state index in [1.807, 2.05) is 6.92 Å². The highest BCUT2D eigenvalue weighted by Crippen LogP contribution is 2.20. The molecule has 0 saturated carbocycles. The fraction of sp³-hybridized carbons (Fsp3) is 0.300. The van der Waals surface area contributed by atoms with E-state index in [-0.39, 0.29) is 24.2 Å². The lowest BCUT2D eigenvalue weighted by atomic mass is 10.2. The molecule has 27 heavy (non-hydrogen) atoms. The second-order valence-corrected chi connectivity index (χ2v) is 6.51. The van der Waals surface area contributed by atoms with Crippen LogP contribution in [0.5, 0.6) is 5.75 Å². The Balaban J connectivity index is 1.97. The molecule has 0 heterocycles. The molecule has 0 radical (unpaired) electrons. The molecule has 0 bridgehead atoms. The van der Waals surface area contributed by atoms with Crippen molar-refractivity contribution in [2.75, 3.05) is 18.4 Å². The van der Waals surface area contributed by atoms with Crippen LogP contribution in [0.4, 0.5) is 10.1 Å². The van der Waals surface area contributed by atoms with E-state index in [1.165, 1.54) is 29.2 Å². The molecule has 0 saturated heterocycles. The molecule has 144 valence electrons. The molecule has 0 aliphatic carbocycles. The average molecular weight is 393 g/mol. The van der Waals surface area contributed by atoms with Crippen LogP contribution < -0.4 is 10.1 Å². The number of hydrogen-bond donors (Lipinski definition) is 1. The quantitative estimate of drug-likeness (QED) is 0.773. The van der Waals surface area contributed by atoms with Gasteiger partial charge in [0, 0.05) is 17.3 Å². The Morgan fingerprint density at radius 1 is 1.22 bits per heavy atom. The molecule has 0 spiro atoms. The summed E-state index contributed by atoms with van der Waals surface area (Å²) in [6, 6.07) is 10.6. The largest absolute Gasteiger partial charge is 0.481 e. The number of benzene rings is 2. The van der Waals surface area contributed by atoms with Crippen LogP contribution >= 0.6 is 11.6 Å². The Labute approximate surface area is 163 Å². The predicted octanol–water partition coefficient (Wildman–Crippen LogP) is 4.04. The van der Waals surface area contributed by atoms with Gasteiger partial charge >= 0.3 is 0 Å². The molecule has 1 unspecified atom stereocenters. The number of likely N-dealkylation sites (N-methyl/N-ethyl adjacent to an activating group) is 1. The number of hydrogen-bond acceptors (Lipinski definition) is 3. The van der Waals surface area contributed by atoms with E-state index in [0.717, 1.165) is 5.56 Å². The highest BCUT2D eigenvalue weighted by atomic mass is 35.5. The summed E-state index contributed by atoms with van der Waals surface area (Å²) in [6.45, 7) is 5.46. The van der Waals surface area contributed by atoms with Crippen LogP contribution in [0.2, 0.25) is 5.02 Å². The Bertz CT molecular complexity index is 811. The van der Waals surface area contributed by atoms with Crippen LogP contribution in [0.3, 0.4) is 0 Å². The summed E-state index contributed by atoms with van der Waals surface area (Å²) in [5.41, 5.74) is 1.47. The summed E-state index contributed by atoms with van der Waals surface area (Å²) in [5, 5.41) is 3.28. The highest BCUT2D eigenvalue weighted by molar-refractivity contribution is 6.31. The summed E-state index contributed by atoms with van der Waals surface area (Å²) in [6.07, 6.45) is -0.809. The van der Waals surface area contributed by atoms with Gasteiger partial charge in [-0.1, -0.05) is 17.7 Å². The molecule has 1 atom stereocenters. The van der Waals surface area contributed by atoms with Gasteiger partial charge in [0.15, 0.2) is 6.10 Å². The van der Waals surface area contributed by atoms with Gasteiger partial charge in [0.25, 0.3) is 5.91 Å². The Hall–Kier alpha value is -2.60. The molecule has 1 N–H and O–H groups in total. The third-order valence-corrected chi connectivity index (χ3v) is 4.21. The van der Waals surface area contributed by atoms with Crippen LogP contribution in [0.25, 0.3) is 0 Å². The molecule has 2 amide bonds. The van der Waals surface area contributed by atoms with Crippen LogP contribution in [-0.2, 0) is 9.59 Å². The zero-order valence-electron chi connectivity index (χ0n) is 15.5. The van der Waals surface area contributed by atoms with Crippen molar-refractivity contribution in [3.63, 3.8) is 0 Å². The summed E-state index contributed by atoms with van der Waals surface area (Å²) in [4.78, 5) is 26.3. The summed E-state index contributed by atoms with van der Waals surface area (Å²) in [7, 11) is 0. The van der Waals surface area contributed by atoms with Crippen LogP contribution in [-0.4, -0.2) is 35.9 Å². The zero-order valence-corrected chi connectivity index (χ0v) is 16.2. The number of nitrogens with zero attached hydrogens (tertiary/aromatic N) is 1. The summed E-state index contributed by atoms with van der Waals surface area (Å²) >= 11 is 5.96. The van der Waals surface area contributed by atoms with Crippen LogP contribution in [0.1, 0.15) is 19.4 Å². The Kier molecular flexibility index (Phi) is 7.19. The summed E-state index contributed by atoms with van der Waals surface area (Å²) < 4.78 is 18.5. The van der Waals surface area contributed by atoms with Gasteiger partial charge < -0.3 is 15.0 Å². The van der Waals surface area contributed by atoms with Crippen molar-refractivity contribution >= 4 is 29.1 Å². The first-order chi connectivity index (χ1) is 12.8. The van der Waals surface area contributed by atoms with Crippen molar-refractivity contribution in [3.05, 3.63) is 58.9 Å². The second kappa shape index (κ2) is 9.37. The first-order valence-electron chi connectivity index (χ1n) is 8.57. The maximum atomic E-state index is 13.0. The Morgan fingerprint density at radius 3 is 2.52 bits per heavy atom. The molecule has 0 fully saturated rings. The Morgan fingerprint density at radius 2 is 1.89 bits per heavy atom. The lowest BCUT2D eigenvalue weighted by Gasteiger charge is -2.24. The molecule has 5 nitrogen and oxygen atoms in total. The van der Waals surface area contributed by atoms with Crippen molar-refractivity contribution in [3.8, 4) is 5.75 Å². The van der Waals surface area contributed by atoms with Gasteiger partial charge in [-0.05, 0) is 62.7 Å². The van der Waals surface area contributed by atoms with Gasteiger partial charge in [-0.3, -0.25) is 9.59 Å². The SMILES string of the molecule is CCN(CC(=O)Nc1cc(Cl)ccc1C)C(=O)C(C)Oc1ccc(F)cc1. The second-order valence-electron chi connectivity index (χ2n) is 6.07. The van der Waals surface area contributed by atoms with Gasteiger partial charge in [-0.2, -0.15) is 0 Å². The summed E-state index contributed by atoms with van der Waals surface area (Å²) in [5.74, 6) is -0.666. The number of aryl methyl sites for hydroxylation is 1. The molecular weight excluding hydrogens is 371 g/mol. The minimum absolute atomic E-state index is 0.113. The highest BCUT2D eigenvalue weighted by Gasteiger charge is 2.23. The number of rotatable bonds is 7. The van der Waals surface area contributed by atoms with E-state index in [0.29, 0.717) is 23.0 Å². The first kappa shape index (κ1) is 20.7. The topological polar surface area (TPSA) is 58.6 Å². The molecule has 0 aliphatic heterocycles. The lowest BCUT2D eigenvalue weighted by molar-refractivity contribution is -0.140. The normalized spacial score (nSPS) is 11.6. The van der Waals surface area contributed by atoms with Crippen LogP contribution in [0, 0.1) is 12.7 Å². The number of nitrogens with one attached hydrogen (secondary N) is 1. The van der Waals surface area contributed by atoms with E-state index >= 15 is 0 Å². The number of halogens is 2. The molecule has 0 aromatic heterocycles. The minimum atomic E-state index is -0.809. The van der Waals surface area contributed by atoms with Crippen molar-refractivity contribution < 1.29 is 18.7 Å². The molecule has 7 heteroatoms. The van der Waals surface area contributed by atoms with Crippen molar-refractivity contribution in [1.82, 2.24) is 4.90 Å². The molecular formula is C20H22ClFN2O3. The number of carbonyl (C=O) groups is 2. The molecule has 2 rings (SSSR count). The fourth-order valence-corrected chi connectivity index (χ4v) is 2.63.